The summed E-state index contributed by atoms with van der Waals surface area (Å²) < 4.78 is 0. The lowest BCUT2D eigenvalue weighted by atomic mass is 10.1. The van der Waals surface area contributed by atoms with Gasteiger partial charge in [-0.05, 0) is 39.5 Å². The van der Waals surface area contributed by atoms with Gasteiger partial charge in [-0.3, -0.25) is 4.90 Å². The highest BCUT2D eigenvalue weighted by molar-refractivity contribution is 5.75. The van der Waals surface area contributed by atoms with Crippen LogP contribution in [-0.2, 0) is 0 Å². The topological polar surface area (TPSA) is 55.8 Å². The molecule has 0 aromatic rings. The fraction of sp³-hybridized carbons (Fsp3) is 0.929. The highest BCUT2D eigenvalue weighted by Crippen LogP contribution is 2.32. The van der Waals surface area contributed by atoms with E-state index >= 15 is 0 Å². The van der Waals surface area contributed by atoms with Crippen LogP contribution in [0.4, 0.5) is 4.79 Å². The molecule has 1 heterocycles. The van der Waals surface area contributed by atoms with E-state index in [4.69, 9.17) is 0 Å². The fourth-order valence-corrected chi connectivity index (χ4v) is 2.43. The van der Waals surface area contributed by atoms with Crippen molar-refractivity contribution in [2.45, 2.75) is 45.3 Å². The number of β-amino-alcohol motifs (C(OH)–C–C–N with tert-alkyl or cyclic N) is 1. The Kier molecular flexibility index (Phi) is 4.36. The molecule has 2 aliphatic rings. The van der Waals surface area contributed by atoms with Crippen molar-refractivity contribution in [1.82, 2.24) is 15.1 Å². The number of nitrogens with one attached hydrogen (secondary N) is 1. The Labute approximate surface area is 115 Å². The second-order valence-corrected chi connectivity index (χ2v) is 6.87. The molecule has 2 fully saturated rings. The molecule has 0 aromatic heterocycles. The van der Waals surface area contributed by atoms with Crippen LogP contribution in [0.3, 0.4) is 0 Å². The molecule has 2 rings (SSSR count). The van der Waals surface area contributed by atoms with Crippen LogP contribution < -0.4 is 5.32 Å². The standard InChI is InChI=1S/C14H27N3O2/c1-14(2,3)15-13(19)17-8-6-16(7-9-17)10-12(18)11-4-5-11/h11-12,18H,4-10H2,1-3H3,(H,15,19)/t12-/m1/s1. The molecule has 2 amide bonds. The molecule has 19 heavy (non-hydrogen) atoms. The SMILES string of the molecule is CC(C)(C)NC(=O)N1CCN(C[C@@H](O)C2CC2)CC1. The minimum Gasteiger partial charge on any atom is -0.392 e. The number of nitrogens with zero attached hydrogens (tertiary/aromatic N) is 2. The third-order valence-corrected chi connectivity index (χ3v) is 3.75. The van der Waals surface area contributed by atoms with Crippen molar-refractivity contribution in [3.05, 3.63) is 0 Å². The minimum absolute atomic E-state index is 0.0230. The molecule has 110 valence electrons. The van der Waals surface area contributed by atoms with Gasteiger partial charge in [-0.15, -0.1) is 0 Å². The summed E-state index contributed by atoms with van der Waals surface area (Å²) in [5.74, 6) is 0.530. The number of amides is 2. The zero-order valence-corrected chi connectivity index (χ0v) is 12.4. The van der Waals surface area contributed by atoms with Gasteiger partial charge in [0.05, 0.1) is 6.10 Å². The molecule has 5 heteroatoms. The van der Waals surface area contributed by atoms with Gasteiger partial charge in [0, 0.05) is 38.3 Å². The summed E-state index contributed by atoms with van der Waals surface area (Å²) in [4.78, 5) is 16.1. The molecule has 0 aromatic carbocycles. The molecule has 2 N–H and O–H groups in total. The molecular formula is C14H27N3O2. The Morgan fingerprint density at radius 1 is 1.26 bits per heavy atom. The van der Waals surface area contributed by atoms with E-state index in [0.29, 0.717) is 5.92 Å². The Morgan fingerprint density at radius 2 is 1.84 bits per heavy atom. The molecule has 0 radical (unpaired) electrons. The maximum absolute atomic E-state index is 12.0. The first-order valence-corrected chi connectivity index (χ1v) is 7.33. The summed E-state index contributed by atoms with van der Waals surface area (Å²) in [7, 11) is 0. The van der Waals surface area contributed by atoms with E-state index in [9.17, 15) is 9.90 Å². The van der Waals surface area contributed by atoms with Crippen LogP contribution >= 0.6 is 0 Å². The second kappa shape index (κ2) is 5.67. The van der Waals surface area contributed by atoms with E-state index in [1.807, 2.05) is 25.7 Å². The number of carbonyl (C=O) groups excluding carboxylic acids is 1. The van der Waals surface area contributed by atoms with Gasteiger partial charge < -0.3 is 15.3 Å². The molecule has 0 spiro atoms. The number of hydrogen-bond donors (Lipinski definition) is 2. The minimum atomic E-state index is -0.184. The molecule has 1 aliphatic carbocycles. The third-order valence-electron chi connectivity index (χ3n) is 3.75. The monoisotopic (exact) mass is 269 g/mol. The number of piperazine rings is 1. The average Bonchev–Trinajstić information content (AvgIpc) is 3.11. The van der Waals surface area contributed by atoms with Crippen LogP contribution in [0.2, 0.25) is 0 Å². The maximum Gasteiger partial charge on any atom is 0.317 e. The van der Waals surface area contributed by atoms with Crippen molar-refractivity contribution in [1.29, 1.82) is 0 Å². The average molecular weight is 269 g/mol. The van der Waals surface area contributed by atoms with Crippen LogP contribution in [0, 0.1) is 5.92 Å². The van der Waals surface area contributed by atoms with Gasteiger partial charge in [-0.2, -0.15) is 0 Å². The first kappa shape index (κ1) is 14.6. The lowest BCUT2D eigenvalue weighted by Crippen LogP contribution is -2.55. The number of hydrogen-bond acceptors (Lipinski definition) is 3. The van der Waals surface area contributed by atoms with Crippen LogP contribution in [-0.4, -0.2) is 65.3 Å². The third kappa shape index (κ3) is 4.66. The number of aliphatic hydroxyl groups excluding tert-OH is 1. The van der Waals surface area contributed by atoms with E-state index in [2.05, 4.69) is 10.2 Å². The number of urea groups is 1. The van der Waals surface area contributed by atoms with Crippen LogP contribution in [0.15, 0.2) is 0 Å². The number of carbonyl (C=O) groups is 1. The number of aliphatic hydroxyl groups is 1. The predicted octanol–water partition coefficient (Wildman–Crippen LogP) is 0.883. The normalized spacial score (nSPS) is 23.3. The maximum atomic E-state index is 12.0. The largest absolute Gasteiger partial charge is 0.392 e. The molecule has 1 atom stereocenters. The van der Waals surface area contributed by atoms with E-state index in [-0.39, 0.29) is 17.7 Å². The molecule has 1 saturated heterocycles. The highest BCUT2D eigenvalue weighted by atomic mass is 16.3. The lowest BCUT2D eigenvalue weighted by Gasteiger charge is -2.37. The quantitative estimate of drug-likeness (QED) is 0.800. The van der Waals surface area contributed by atoms with Crippen LogP contribution in [0.5, 0.6) is 0 Å². The van der Waals surface area contributed by atoms with Crippen LogP contribution in [0.1, 0.15) is 33.6 Å². The van der Waals surface area contributed by atoms with Crippen molar-refractivity contribution < 1.29 is 9.90 Å². The van der Waals surface area contributed by atoms with Crippen LogP contribution in [0.25, 0.3) is 0 Å². The summed E-state index contributed by atoms with van der Waals surface area (Å²) in [5, 5.41) is 12.9. The van der Waals surface area contributed by atoms with Crippen molar-refractivity contribution in [2.24, 2.45) is 5.92 Å². The van der Waals surface area contributed by atoms with Gasteiger partial charge in [0.15, 0.2) is 0 Å². The molecule has 1 aliphatic heterocycles. The van der Waals surface area contributed by atoms with Gasteiger partial charge >= 0.3 is 6.03 Å². The predicted molar refractivity (Wildman–Crippen MR) is 75.0 cm³/mol. The van der Waals surface area contributed by atoms with Gasteiger partial charge in [0.25, 0.3) is 0 Å². The van der Waals surface area contributed by atoms with E-state index in [1.54, 1.807) is 0 Å². The molecule has 1 saturated carbocycles. The molecule has 0 bridgehead atoms. The fourth-order valence-electron chi connectivity index (χ4n) is 2.43. The van der Waals surface area contributed by atoms with Crippen molar-refractivity contribution in [2.75, 3.05) is 32.7 Å². The van der Waals surface area contributed by atoms with Gasteiger partial charge in [0.1, 0.15) is 0 Å². The van der Waals surface area contributed by atoms with E-state index < -0.39 is 0 Å². The smallest absolute Gasteiger partial charge is 0.317 e. The lowest BCUT2D eigenvalue weighted by molar-refractivity contribution is 0.0688. The van der Waals surface area contributed by atoms with E-state index in [0.717, 1.165) is 32.7 Å². The summed E-state index contributed by atoms with van der Waals surface area (Å²) in [6.45, 7) is 9.97. The van der Waals surface area contributed by atoms with Crippen molar-refractivity contribution >= 4 is 6.03 Å². The Hall–Kier alpha value is -0.810. The van der Waals surface area contributed by atoms with Crippen molar-refractivity contribution in [3.8, 4) is 0 Å². The highest BCUT2D eigenvalue weighted by Gasteiger charge is 2.32. The zero-order chi connectivity index (χ0) is 14.0. The number of rotatable bonds is 3. The summed E-state index contributed by atoms with van der Waals surface area (Å²) in [6, 6.07) is 0.0230. The van der Waals surface area contributed by atoms with Gasteiger partial charge in [0.2, 0.25) is 0 Å². The van der Waals surface area contributed by atoms with Crippen molar-refractivity contribution in [3.63, 3.8) is 0 Å². The zero-order valence-electron chi connectivity index (χ0n) is 12.4. The Bertz CT molecular complexity index is 315. The summed E-state index contributed by atoms with van der Waals surface area (Å²) >= 11 is 0. The van der Waals surface area contributed by atoms with Gasteiger partial charge in [-0.25, -0.2) is 4.79 Å². The van der Waals surface area contributed by atoms with E-state index in [1.165, 1.54) is 12.8 Å². The Morgan fingerprint density at radius 3 is 2.32 bits per heavy atom. The molecular weight excluding hydrogens is 242 g/mol. The second-order valence-electron chi connectivity index (χ2n) is 6.87. The molecule has 0 unspecified atom stereocenters. The summed E-state index contributed by atoms with van der Waals surface area (Å²) in [6.07, 6.45) is 2.18. The van der Waals surface area contributed by atoms with Gasteiger partial charge in [-0.1, -0.05) is 0 Å². The first-order valence-electron chi connectivity index (χ1n) is 7.33. The Balaban J connectivity index is 1.71. The molecule has 5 nitrogen and oxygen atoms in total. The first-order chi connectivity index (χ1) is 8.85. The summed E-state index contributed by atoms with van der Waals surface area (Å²) in [5.41, 5.74) is -0.184.